The zero-order valence-corrected chi connectivity index (χ0v) is 14.6. The third kappa shape index (κ3) is 4.35. The highest BCUT2D eigenvalue weighted by atomic mass is 16.7. The van der Waals surface area contributed by atoms with Gasteiger partial charge < -0.3 is 15.0 Å². The summed E-state index contributed by atoms with van der Waals surface area (Å²) in [5, 5.41) is 7.74. The van der Waals surface area contributed by atoms with E-state index in [-0.39, 0.29) is 18.3 Å². The SMILES string of the molecule is CC1(C)OB(c2ccc(C3CC3)cc2)OC1(C)C.N#CCCN. The molecule has 23 heavy (non-hydrogen) atoms. The molecule has 1 heterocycles. The van der Waals surface area contributed by atoms with E-state index >= 15 is 0 Å². The number of nitrogens with zero attached hydrogens (tertiary/aromatic N) is 1. The van der Waals surface area contributed by atoms with E-state index in [4.69, 9.17) is 20.3 Å². The fourth-order valence-corrected chi connectivity index (χ4v) is 2.39. The molecule has 5 heteroatoms. The highest BCUT2D eigenvalue weighted by molar-refractivity contribution is 6.62. The van der Waals surface area contributed by atoms with E-state index in [2.05, 4.69) is 52.0 Å². The molecule has 1 aromatic carbocycles. The van der Waals surface area contributed by atoms with Gasteiger partial charge in [0.2, 0.25) is 0 Å². The van der Waals surface area contributed by atoms with Crippen LogP contribution in [0.3, 0.4) is 0 Å². The summed E-state index contributed by atoms with van der Waals surface area (Å²) in [5.74, 6) is 0.803. The summed E-state index contributed by atoms with van der Waals surface area (Å²) in [4.78, 5) is 0. The molecular weight excluding hydrogens is 287 g/mol. The van der Waals surface area contributed by atoms with Crippen LogP contribution in [0, 0.1) is 11.3 Å². The Balaban J connectivity index is 0.000000338. The lowest BCUT2D eigenvalue weighted by Gasteiger charge is -2.32. The number of hydrogen-bond donors (Lipinski definition) is 1. The maximum Gasteiger partial charge on any atom is 0.494 e. The predicted octanol–water partition coefficient (Wildman–Crippen LogP) is 2.72. The van der Waals surface area contributed by atoms with Crippen LogP contribution in [0.1, 0.15) is 58.4 Å². The Morgan fingerprint density at radius 1 is 1.13 bits per heavy atom. The molecule has 0 bridgehead atoms. The summed E-state index contributed by atoms with van der Waals surface area (Å²) in [6, 6.07) is 10.6. The van der Waals surface area contributed by atoms with Crippen molar-refractivity contribution in [1.29, 1.82) is 5.26 Å². The molecule has 0 aromatic heterocycles. The predicted molar refractivity (Wildman–Crippen MR) is 93.4 cm³/mol. The van der Waals surface area contributed by atoms with Crippen molar-refractivity contribution in [3.8, 4) is 6.07 Å². The third-order valence-corrected chi connectivity index (χ3v) is 4.77. The monoisotopic (exact) mass is 314 g/mol. The van der Waals surface area contributed by atoms with E-state index in [9.17, 15) is 0 Å². The highest BCUT2D eigenvalue weighted by Crippen LogP contribution is 2.40. The molecule has 0 atom stereocenters. The van der Waals surface area contributed by atoms with Crippen molar-refractivity contribution >= 4 is 12.6 Å². The quantitative estimate of drug-likeness (QED) is 0.871. The van der Waals surface area contributed by atoms with Crippen molar-refractivity contribution in [2.75, 3.05) is 6.54 Å². The molecule has 1 saturated heterocycles. The lowest BCUT2D eigenvalue weighted by Crippen LogP contribution is -2.41. The molecule has 0 spiro atoms. The minimum atomic E-state index is -0.257. The van der Waals surface area contributed by atoms with Gasteiger partial charge in [-0.15, -0.1) is 0 Å². The first-order valence-corrected chi connectivity index (χ1v) is 8.33. The Labute approximate surface area is 140 Å². The van der Waals surface area contributed by atoms with Crippen LogP contribution in [0.25, 0.3) is 0 Å². The highest BCUT2D eigenvalue weighted by Gasteiger charge is 2.51. The maximum atomic E-state index is 7.74. The molecule has 1 aliphatic carbocycles. The second-order valence-electron chi connectivity index (χ2n) is 7.23. The van der Waals surface area contributed by atoms with Crippen LogP contribution in [0.4, 0.5) is 0 Å². The van der Waals surface area contributed by atoms with Crippen LogP contribution < -0.4 is 11.2 Å². The van der Waals surface area contributed by atoms with Crippen LogP contribution in [0.15, 0.2) is 24.3 Å². The fraction of sp³-hybridized carbons (Fsp3) is 0.611. The molecule has 1 saturated carbocycles. The Morgan fingerprint density at radius 2 is 1.65 bits per heavy atom. The molecule has 0 amide bonds. The summed E-state index contributed by atoms with van der Waals surface area (Å²) in [5.41, 5.74) is 6.98. The van der Waals surface area contributed by atoms with Crippen molar-refractivity contribution < 1.29 is 9.31 Å². The Bertz CT molecular complexity index is 543. The zero-order chi connectivity index (χ0) is 17.1. The van der Waals surface area contributed by atoms with Crippen molar-refractivity contribution in [3.05, 3.63) is 29.8 Å². The molecule has 2 aliphatic rings. The third-order valence-electron chi connectivity index (χ3n) is 4.77. The fourth-order valence-electron chi connectivity index (χ4n) is 2.39. The van der Waals surface area contributed by atoms with Gasteiger partial charge in [-0.2, -0.15) is 5.26 Å². The molecule has 2 N–H and O–H groups in total. The van der Waals surface area contributed by atoms with Gasteiger partial charge in [0.05, 0.1) is 17.3 Å². The van der Waals surface area contributed by atoms with Gasteiger partial charge in [0.15, 0.2) is 0 Å². The number of nitrogens with two attached hydrogens (primary N) is 1. The van der Waals surface area contributed by atoms with E-state index in [0.717, 1.165) is 11.4 Å². The van der Waals surface area contributed by atoms with Crippen LogP contribution in [-0.2, 0) is 9.31 Å². The standard InChI is InChI=1S/C15H21BO2.C3H6N2/c1-14(2)15(3,4)18-16(17-14)13-9-7-12(8-10-13)11-5-6-11;4-2-1-3-5/h7-11H,5-6H2,1-4H3;1-2,4H2. The average molecular weight is 314 g/mol. The van der Waals surface area contributed by atoms with Crippen molar-refractivity contribution in [2.45, 2.75) is 64.1 Å². The van der Waals surface area contributed by atoms with Gasteiger partial charge in [0.1, 0.15) is 0 Å². The summed E-state index contributed by atoms with van der Waals surface area (Å²) in [6.45, 7) is 8.84. The van der Waals surface area contributed by atoms with Crippen LogP contribution in [0.2, 0.25) is 0 Å². The number of benzene rings is 1. The molecule has 1 aliphatic heterocycles. The number of nitriles is 1. The van der Waals surface area contributed by atoms with Gasteiger partial charge in [-0.25, -0.2) is 0 Å². The van der Waals surface area contributed by atoms with E-state index < -0.39 is 0 Å². The molecule has 0 unspecified atom stereocenters. The molecule has 1 aromatic rings. The number of hydrogen-bond acceptors (Lipinski definition) is 4. The Kier molecular flexibility index (Phi) is 5.51. The first kappa shape index (κ1) is 18.0. The average Bonchev–Trinajstić information content (AvgIpc) is 3.29. The Morgan fingerprint density at radius 3 is 2.00 bits per heavy atom. The van der Waals surface area contributed by atoms with Gasteiger partial charge in [-0.1, -0.05) is 24.3 Å². The molecule has 3 rings (SSSR count). The smallest absolute Gasteiger partial charge is 0.399 e. The second kappa shape index (κ2) is 7.04. The largest absolute Gasteiger partial charge is 0.494 e. The molecule has 124 valence electrons. The summed E-state index contributed by atoms with van der Waals surface area (Å²) in [7, 11) is -0.233. The zero-order valence-electron chi connectivity index (χ0n) is 14.6. The minimum absolute atomic E-state index is 0.233. The molecular formula is C18H27BN2O2. The van der Waals surface area contributed by atoms with Crippen molar-refractivity contribution in [2.24, 2.45) is 5.73 Å². The molecule has 2 fully saturated rings. The lowest BCUT2D eigenvalue weighted by atomic mass is 9.78. The first-order valence-electron chi connectivity index (χ1n) is 8.33. The summed E-state index contributed by atoms with van der Waals surface area (Å²) in [6.07, 6.45) is 3.16. The maximum absolute atomic E-state index is 7.74. The Hall–Kier alpha value is -1.35. The minimum Gasteiger partial charge on any atom is -0.399 e. The normalized spacial score (nSPS) is 21.3. The van der Waals surface area contributed by atoms with Gasteiger partial charge in [0, 0.05) is 13.0 Å². The van der Waals surface area contributed by atoms with E-state index in [0.29, 0.717) is 13.0 Å². The second-order valence-corrected chi connectivity index (χ2v) is 7.23. The van der Waals surface area contributed by atoms with Crippen molar-refractivity contribution in [3.63, 3.8) is 0 Å². The van der Waals surface area contributed by atoms with E-state index in [1.54, 1.807) is 0 Å². The first-order chi connectivity index (χ1) is 10.8. The van der Waals surface area contributed by atoms with Crippen LogP contribution in [-0.4, -0.2) is 24.9 Å². The topological polar surface area (TPSA) is 68.3 Å². The van der Waals surface area contributed by atoms with Gasteiger partial charge in [-0.3, -0.25) is 0 Å². The summed E-state index contributed by atoms with van der Waals surface area (Å²) < 4.78 is 12.1. The number of rotatable bonds is 3. The van der Waals surface area contributed by atoms with Crippen LogP contribution in [0.5, 0.6) is 0 Å². The summed E-state index contributed by atoms with van der Waals surface area (Å²) >= 11 is 0. The van der Waals surface area contributed by atoms with E-state index in [1.807, 2.05) is 6.07 Å². The van der Waals surface area contributed by atoms with Gasteiger partial charge in [-0.05, 0) is 57.5 Å². The van der Waals surface area contributed by atoms with Crippen LogP contribution >= 0.6 is 0 Å². The lowest BCUT2D eigenvalue weighted by molar-refractivity contribution is 0.00578. The van der Waals surface area contributed by atoms with Gasteiger partial charge in [0.25, 0.3) is 0 Å². The molecule has 0 radical (unpaired) electrons. The van der Waals surface area contributed by atoms with Gasteiger partial charge >= 0.3 is 7.12 Å². The van der Waals surface area contributed by atoms with Crippen molar-refractivity contribution in [1.82, 2.24) is 0 Å². The molecule has 4 nitrogen and oxygen atoms in total. The van der Waals surface area contributed by atoms with E-state index in [1.165, 1.54) is 18.4 Å².